The Hall–Kier alpha value is -4.49. The van der Waals surface area contributed by atoms with Crippen LogP contribution in [-0.2, 0) is 0 Å². The van der Waals surface area contributed by atoms with Gasteiger partial charge >= 0.3 is 0 Å². The molecule has 0 atom stereocenters. The van der Waals surface area contributed by atoms with Crippen molar-refractivity contribution in [2.45, 2.75) is 6.92 Å². The fraction of sp³-hybridized carbons (Fsp3) is 0.0357. The third-order valence-electron chi connectivity index (χ3n) is 5.57. The van der Waals surface area contributed by atoms with Gasteiger partial charge in [0.15, 0.2) is 5.78 Å². The van der Waals surface area contributed by atoms with Gasteiger partial charge in [-0.15, -0.1) is 0 Å². The van der Waals surface area contributed by atoms with Gasteiger partial charge in [0, 0.05) is 29.1 Å². The Kier molecular flexibility index (Phi) is 4.85. The second-order valence-corrected chi connectivity index (χ2v) is 7.69. The lowest BCUT2D eigenvalue weighted by Crippen LogP contribution is -1.93. The van der Waals surface area contributed by atoms with Crippen LogP contribution in [0, 0.1) is 11.3 Å². The Morgan fingerprint density at radius 3 is 2.16 bits per heavy atom. The third-order valence-corrected chi connectivity index (χ3v) is 5.57. The molecular weight excluding hydrogens is 394 g/mol. The second-order valence-electron chi connectivity index (χ2n) is 7.69. The maximum atomic E-state index is 11.7. The molecule has 0 saturated carbocycles. The summed E-state index contributed by atoms with van der Waals surface area (Å²) in [5.41, 5.74) is 8.09. The van der Waals surface area contributed by atoms with E-state index in [1.807, 2.05) is 89.5 Å². The van der Waals surface area contributed by atoms with Gasteiger partial charge in [-0.05, 0) is 41.8 Å². The lowest BCUT2D eigenvalue weighted by Gasteiger charge is -2.10. The number of rotatable bonds is 4. The fourth-order valence-electron chi connectivity index (χ4n) is 3.84. The van der Waals surface area contributed by atoms with Crippen LogP contribution < -0.4 is 0 Å². The van der Waals surface area contributed by atoms with Crippen LogP contribution in [0.25, 0.3) is 39.2 Å². The van der Waals surface area contributed by atoms with Gasteiger partial charge in [0.1, 0.15) is 5.65 Å². The summed E-state index contributed by atoms with van der Waals surface area (Å²) >= 11 is 0. The first-order valence-corrected chi connectivity index (χ1v) is 10.3. The molecule has 5 aromatic rings. The summed E-state index contributed by atoms with van der Waals surface area (Å²) < 4.78 is 2.05. The van der Waals surface area contributed by atoms with Gasteiger partial charge in [-0.1, -0.05) is 66.7 Å². The number of carbonyl (C=O) groups excluding carboxylic acids is 1. The molecule has 0 N–H and O–H groups in total. The maximum Gasteiger partial charge on any atom is 0.159 e. The summed E-state index contributed by atoms with van der Waals surface area (Å²) in [6.45, 7) is 1.57. The van der Waals surface area contributed by atoms with Crippen LogP contribution in [0.4, 0.5) is 0 Å². The molecule has 0 aliphatic rings. The normalized spacial score (nSPS) is 10.8. The summed E-state index contributed by atoms with van der Waals surface area (Å²) in [5.74, 6) is 0.0419. The van der Waals surface area contributed by atoms with E-state index >= 15 is 0 Å². The number of hydrogen-bond acceptors (Lipinski definition) is 3. The van der Waals surface area contributed by atoms with Crippen LogP contribution in [0.3, 0.4) is 0 Å². The zero-order valence-electron chi connectivity index (χ0n) is 17.5. The van der Waals surface area contributed by atoms with Crippen molar-refractivity contribution in [2.75, 3.05) is 0 Å². The lowest BCUT2D eigenvalue weighted by molar-refractivity contribution is 0.101. The minimum absolute atomic E-state index is 0.0419. The van der Waals surface area contributed by atoms with Gasteiger partial charge in [-0.25, -0.2) is 4.98 Å². The molecule has 0 saturated heterocycles. The largest absolute Gasteiger partial charge is 0.305 e. The first kappa shape index (κ1) is 19.5. The molecule has 0 spiro atoms. The van der Waals surface area contributed by atoms with Crippen molar-refractivity contribution < 1.29 is 4.79 Å². The maximum absolute atomic E-state index is 11.7. The summed E-state index contributed by atoms with van der Waals surface area (Å²) in [6, 6.07) is 29.6. The number of pyridine rings is 1. The molecule has 0 aliphatic heterocycles. The van der Waals surface area contributed by atoms with E-state index in [-0.39, 0.29) is 5.78 Å². The van der Waals surface area contributed by atoms with Gasteiger partial charge in [0.05, 0.1) is 17.3 Å². The van der Waals surface area contributed by atoms with Crippen LogP contribution in [0.15, 0.2) is 97.3 Å². The Bertz CT molecular complexity index is 1470. The summed E-state index contributed by atoms with van der Waals surface area (Å²) in [5, 5.41) is 9.12. The van der Waals surface area contributed by atoms with Crippen molar-refractivity contribution in [1.82, 2.24) is 9.38 Å². The molecule has 4 heteroatoms. The highest BCUT2D eigenvalue weighted by Gasteiger charge is 2.13. The molecule has 0 fully saturated rings. The van der Waals surface area contributed by atoms with E-state index < -0.39 is 0 Å². The number of aromatic nitrogens is 2. The van der Waals surface area contributed by atoms with Crippen LogP contribution in [-0.4, -0.2) is 15.2 Å². The van der Waals surface area contributed by atoms with E-state index in [9.17, 15) is 4.79 Å². The number of Topliss-reactive ketones (excluding diaryl/α,β-unsaturated/α-hetero) is 1. The zero-order valence-corrected chi connectivity index (χ0v) is 17.5. The number of fused-ring (bicyclic) bond motifs is 1. The summed E-state index contributed by atoms with van der Waals surface area (Å²) in [7, 11) is 0. The molecule has 2 heterocycles. The van der Waals surface area contributed by atoms with E-state index in [0.29, 0.717) is 11.1 Å². The summed E-state index contributed by atoms with van der Waals surface area (Å²) in [4.78, 5) is 16.6. The molecular formula is C28H19N3O. The van der Waals surface area contributed by atoms with Gasteiger partial charge in [0.25, 0.3) is 0 Å². The zero-order chi connectivity index (χ0) is 22.1. The Balaban J connectivity index is 1.72. The van der Waals surface area contributed by atoms with Gasteiger partial charge < -0.3 is 4.40 Å². The number of imidazole rings is 1. The van der Waals surface area contributed by atoms with Crippen molar-refractivity contribution in [1.29, 1.82) is 5.26 Å². The monoisotopic (exact) mass is 413 g/mol. The van der Waals surface area contributed by atoms with Crippen LogP contribution in [0.2, 0.25) is 0 Å². The Morgan fingerprint density at radius 2 is 1.50 bits per heavy atom. The lowest BCUT2D eigenvalue weighted by atomic mass is 9.99. The topological polar surface area (TPSA) is 58.2 Å². The molecule has 0 unspecified atom stereocenters. The average Bonchev–Trinajstić information content (AvgIpc) is 3.28. The summed E-state index contributed by atoms with van der Waals surface area (Å²) in [6.07, 6.45) is 4.09. The number of ketones is 1. The minimum Gasteiger partial charge on any atom is -0.305 e. The van der Waals surface area contributed by atoms with Crippen molar-refractivity contribution in [3.8, 4) is 39.6 Å². The highest BCUT2D eigenvalue weighted by Crippen LogP contribution is 2.32. The molecule has 32 heavy (non-hydrogen) atoms. The van der Waals surface area contributed by atoms with Crippen molar-refractivity contribution in [3.05, 3.63) is 108 Å². The SMILES string of the molecule is CC(=O)c1ccc(-c2cc(-c3ccc(C#N)cc3)cn3cc(-c4ccccc4)nc23)cc1. The second kappa shape index (κ2) is 7.98. The predicted molar refractivity (Wildman–Crippen MR) is 126 cm³/mol. The molecule has 0 radical (unpaired) electrons. The molecule has 0 bridgehead atoms. The number of hydrogen-bond donors (Lipinski definition) is 0. The minimum atomic E-state index is 0.0419. The van der Waals surface area contributed by atoms with Crippen LogP contribution in [0.1, 0.15) is 22.8 Å². The van der Waals surface area contributed by atoms with E-state index in [4.69, 9.17) is 10.2 Å². The molecule has 5 rings (SSSR count). The first-order valence-electron chi connectivity index (χ1n) is 10.3. The first-order chi connectivity index (χ1) is 15.6. The predicted octanol–water partition coefficient (Wildman–Crippen LogP) is 6.41. The molecule has 152 valence electrons. The Morgan fingerprint density at radius 1 is 0.812 bits per heavy atom. The van der Waals surface area contributed by atoms with E-state index in [1.165, 1.54) is 0 Å². The van der Waals surface area contributed by atoms with Crippen molar-refractivity contribution in [3.63, 3.8) is 0 Å². The van der Waals surface area contributed by atoms with Gasteiger partial charge in [-0.3, -0.25) is 4.79 Å². The van der Waals surface area contributed by atoms with E-state index in [1.54, 1.807) is 6.92 Å². The van der Waals surface area contributed by atoms with Gasteiger partial charge in [0.2, 0.25) is 0 Å². The highest BCUT2D eigenvalue weighted by molar-refractivity contribution is 5.95. The average molecular weight is 413 g/mol. The highest BCUT2D eigenvalue weighted by atomic mass is 16.1. The number of nitriles is 1. The molecule has 2 aromatic heterocycles. The Labute approximate surface area is 186 Å². The van der Waals surface area contributed by atoms with Crippen LogP contribution >= 0.6 is 0 Å². The smallest absolute Gasteiger partial charge is 0.159 e. The molecule has 4 nitrogen and oxygen atoms in total. The number of carbonyl (C=O) groups is 1. The molecule has 3 aromatic carbocycles. The van der Waals surface area contributed by atoms with Crippen LogP contribution in [0.5, 0.6) is 0 Å². The van der Waals surface area contributed by atoms with E-state index in [0.717, 1.165) is 39.2 Å². The van der Waals surface area contributed by atoms with Crippen molar-refractivity contribution >= 4 is 11.4 Å². The third kappa shape index (κ3) is 3.57. The quantitative estimate of drug-likeness (QED) is 0.320. The standard InChI is InChI=1S/C28H19N3O/c1-19(32)21-11-13-23(14-12-21)26-15-25(22-9-7-20(16-29)8-10-22)17-31-18-27(30-28(26)31)24-5-3-2-4-6-24/h2-15,17-18H,1H3. The van der Waals surface area contributed by atoms with Crippen molar-refractivity contribution in [2.24, 2.45) is 0 Å². The van der Waals surface area contributed by atoms with E-state index in [2.05, 4.69) is 18.3 Å². The number of nitrogens with zero attached hydrogens (tertiary/aromatic N) is 3. The van der Waals surface area contributed by atoms with Gasteiger partial charge in [-0.2, -0.15) is 5.26 Å². The molecule has 0 amide bonds. The fourth-order valence-corrected chi connectivity index (χ4v) is 3.84. The number of benzene rings is 3. The molecule has 0 aliphatic carbocycles.